The number of rotatable bonds is 12. The molecular formula is C34H44ClN7O. The van der Waals surface area contributed by atoms with E-state index in [4.69, 9.17) is 16.6 Å². The van der Waals surface area contributed by atoms with Crippen molar-refractivity contribution in [2.75, 3.05) is 23.7 Å². The van der Waals surface area contributed by atoms with Crippen molar-refractivity contribution in [3.8, 4) is 0 Å². The summed E-state index contributed by atoms with van der Waals surface area (Å²) in [6.45, 7) is 4.39. The van der Waals surface area contributed by atoms with E-state index >= 15 is 0 Å². The first-order valence-corrected chi connectivity index (χ1v) is 16.7. The number of halogens is 1. The molecule has 3 heterocycles. The van der Waals surface area contributed by atoms with Gasteiger partial charge < -0.3 is 16.0 Å². The maximum atomic E-state index is 13.3. The van der Waals surface area contributed by atoms with Gasteiger partial charge in [0.05, 0.1) is 28.4 Å². The second kappa shape index (κ2) is 13.9. The molecule has 0 spiro atoms. The fourth-order valence-corrected chi connectivity index (χ4v) is 6.92. The SMILES string of the molecule is CCn1ncc2c(NC3CCCCC3)c(C(=O)NCCCCCCNc3c4c(nc5cc(Cl)ccc35)CCCC4)cnc21. The minimum Gasteiger partial charge on any atom is -0.384 e. The van der Waals surface area contributed by atoms with Crippen LogP contribution in [0.1, 0.15) is 99.2 Å². The predicted octanol–water partition coefficient (Wildman–Crippen LogP) is 7.68. The Balaban J connectivity index is 1.01. The van der Waals surface area contributed by atoms with Crippen LogP contribution < -0.4 is 16.0 Å². The van der Waals surface area contributed by atoms with E-state index in [9.17, 15) is 4.79 Å². The minimum atomic E-state index is -0.0620. The number of amides is 1. The van der Waals surface area contributed by atoms with E-state index in [-0.39, 0.29) is 5.91 Å². The third kappa shape index (κ3) is 6.74. The number of nitrogens with zero attached hydrogens (tertiary/aromatic N) is 4. The summed E-state index contributed by atoms with van der Waals surface area (Å²) in [5, 5.41) is 18.0. The first-order valence-electron chi connectivity index (χ1n) is 16.4. The van der Waals surface area contributed by atoms with E-state index in [1.807, 2.05) is 23.0 Å². The number of hydrogen-bond acceptors (Lipinski definition) is 6. The number of unbranched alkanes of at least 4 members (excludes halogenated alkanes) is 3. The Labute approximate surface area is 259 Å². The molecule has 8 nitrogen and oxygen atoms in total. The molecule has 1 aromatic carbocycles. The fourth-order valence-electron chi connectivity index (χ4n) is 6.75. The van der Waals surface area contributed by atoms with Gasteiger partial charge in [-0.1, -0.05) is 43.7 Å². The quantitative estimate of drug-likeness (QED) is 0.144. The van der Waals surface area contributed by atoms with Gasteiger partial charge in [-0.05, 0) is 82.1 Å². The average Bonchev–Trinajstić information content (AvgIpc) is 3.46. The number of benzene rings is 1. The molecule has 2 aliphatic carbocycles. The molecule has 1 amide bonds. The molecule has 0 bridgehead atoms. The number of carbonyl (C=O) groups excluding carboxylic acids is 1. The zero-order chi connectivity index (χ0) is 29.6. The van der Waals surface area contributed by atoms with E-state index < -0.39 is 0 Å². The van der Waals surface area contributed by atoms with Gasteiger partial charge in [-0.3, -0.25) is 9.78 Å². The molecule has 0 atom stereocenters. The summed E-state index contributed by atoms with van der Waals surface area (Å²) in [6.07, 6.45) is 18.4. The number of nitrogens with one attached hydrogen (secondary N) is 3. The van der Waals surface area contributed by atoms with E-state index in [2.05, 4.69) is 39.0 Å². The summed E-state index contributed by atoms with van der Waals surface area (Å²) in [5.74, 6) is -0.0620. The van der Waals surface area contributed by atoms with Crippen molar-refractivity contribution in [2.24, 2.45) is 0 Å². The Kier molecular flexibility index (Phi) is 9.61. The molecule has 43 heavy (non-hydrogen) atoms. The van der Waals surface area contributed by atoms with Gasteiger partial charge in [-0.15, -0.1) is 0 Å². The molecule has 0 radical (unpaired) electrons. The maximum Gasteiger partial charge on any atom is 0.254 e. The van der Waals surface area contributed by atoms with Crippen molar-refractivity contribution in [1.29, 1.82) is 0 Å². The number of aromatic nitrogens is 4. The lowest BCUT2D eigenvalue weighted by Gasteiger charge is -2.25. The second-order valence-electron chi connectivity index (χ2n) is 12.1. The molecule has 4 aromatic rings. The van der Waals surface area contributed by atoms with E-state index in [0.717, 1.165) is 91.7 Å². The van der Waals surface area contributed by atoms with E-state index in [1.54, 1.807) is 6.20 Å². The second-order valence-corrected chi connectivity index (χ2v) is 12.5. The summed E-state index contributed by atoms with van der Waals surface area (Å²) in [7, 11) is 0. The molecule has 0 unspecified atom stereocenters. The highest BCUT2D eigenvalue weighted by molar-refractivity contribution is 6.31. The van der Waals surface area contributed by atoms with Gasteiger partial charge in [0.2, 0.25) is 0 Å². The third-order valence-corrected chi connectivity index (χ3v) is 9.32. The first kappa shape index (κ1) is 29.7. The van der Waals surface area contributed by atoms with Crippen molar-refractivity contribution >= 4 is 50.8 Å². The largest absolute Gasteiger partial charge is 0.384 e. The lowest BCUT2D eigenvalue weighted by Crippen LogP contribution is -2.28. The number of fused-ring (bicyclic) bond motifs is 3. The number of carbonyl (C=O) groups is 1. The standard InChI is InChI=1S/C34H44ClN7O/c1-2-42-33-27(22-39-42)32(40-24-12-6-5-7-13-24)28(21-38-33)34(43)37-19-11-4-3-10-18-36-31-25-14-8-9-15-29(25)41-30-20-23(35)16-17-26(30)31/h16-17,20-22,24H,2-15,18-19H2,1H3,(H,36,41)(H,37,43)(H,38,40). The van der Waals surface area contributed by atoms with Crippen LogP contribution in [0.4, 0.5) is 11.4 Å². The Bertz CT molecular complexity index is 1580. The molecule has 9 heteroatoms. The topological polar surface area (TPSA) is 96.8 Å². The molecular weight excluding hydrogens is 558 g/mol. The van der Waals surface area contributed by atoms with Crippen molar-refractivity contribution in [3.05, 3.63) is 52.4 Å². The van der Waals surface area contributed by atoms with Gasteiger partial charge >= 0.3 is 0 Å². The van der Waals surface area contributed by atoms with Gasteiger partial charge in [0.15, 0.2) is 5.65 Å². The van der Waals surface area contributed by atoms with Crippen LogP contribution in [0.25, 0.3) is 21.9 Å². The van der Waals surface area contributed by atoms with Crippen LogP contribution in [0.3, 0.4) is 0 Å². The zero-order valence-corrected chi connectivity index (χ0v) is 26.1. The third-order valence-electron chi connectivity index (χ3n) is 9.08. The Morgan fingerprint density at radius 3 is 2.60 bits per heavy atom. The lowest BCUT2D eigenvalue weighted by atomic mass is 9.92. The van der Waals surface area contributed by atoms with Crippen LogP contribution in [0.15, 0.2) is 30.6 Å². The zero-order valence-electron chi connectivity index (χ0n) is 25.4. The monoisotopic (exact) mass is 601 g/mol. The van der Waals surface area contributed by atoms with Crippen molar-refractivity contribution in [2.45, 2.75) is 103 Å². The summed E-state index contributed by atoms with van der Waals surface area (Å²) in [4.78, 5) is 22.9. The molecule has 1 fully saturated rings. The first-order chi connectivity index (χ1) is 21.1. The normalized spacial score (nSPS) is 15.5. The molecule has 1 saturated carbocycles. The van der Waals surface area contributed by atoms with Crippen LogP contribution in [0.5, 0.6) is 0 Å². The Morgan fingerprint density at radius 2 is 1.77 bits per heavy atom. The van der Waals surface area contributed by atoms with Crippen LogP contribution in [-0.2, 0) is 19.4 Å². The van der Waals surface area contributed by atoms with Crippen LogP contribution in [-0.4, -0.2) is 44.8 Å². The number of pyridine rings is 2. The number of hydrogen-bond donors (Lipinski definition) is 3. The van der Waals surface area contributed by atoms with Crippen molar-refractivity contribution in [1.82, 2.24) is 25.1 Å². The molecule has 3 N–H and O–H groups in total. The highest BCUT2D eigenvalue weighted by atomic mass is 35.5. The summed E-state index contributed by atoms with van der Waals surface area (Å²) in [6, 6.07) is 6.43. The molecule has 228 valence electrons. The maximum absolute atomic E-state index is 13.3. The van der Waals surface area contributed by atoms with Gasteiger partial charge in [-0.25, -0.2) is 9.67 Å². The molecule has 6 rings (SSSR count). The summed E-state index contributed by atoms with van der Waals surface area (Å²) < 4.78 is 1.89. The molecule has 3 aromatic heterocycles. The van der Waals surface area contributed by atoms with Crippen LogP contribution in [0, 0.1) is 0 Å². The molecule has 0 aliphatic heterocycles. The Hall–Kier alpha value is -3.39. The smallest absolute Gasteiger partial charge is 0.254 e. The van der Waals surface area contributed by atoms with Crippen molar-refractivity contribution < 1.29 is 4.79 Å². The highest BCUT2D eigenvalue weighted by Gasteiger charge is 2.22. The molecule has 0 saturated heterocycles. The average molecular weight is 602 g/mol. The number of anilines is 2. The van der Waals surface area contributed by atoms with E-state index in [0.29, 0.717) is 18.2 Å². The summed E-state index contributed by atoms with van der Waals surface area (Å²) >= 11 is 6.28. The van der Waals surface area contributed by atoms with Gasteiger partial charge in [0.1, 0.15) is 0 Å². The Morgan fingerprint density at radius 1 is 0.953 bits per heavy atom. The summed E-state index contributed by atoms with van der Waals surface area (Å²) in [5.41, 5.74) is 7.17. The van der Waals surface area contributed by atoms with Gasteiger partial charge in [0.25, 0.3) is 5.91 Å². The molecule has 2 aliphatic rings. The van der Waals surface area contributed by atoms with Crippen molar-refractivity contribution in [3.63, 3.8) is 0 Å². The van der Waals surface area contributed by atoms with Gasteiger partial charge in [0, 0.05) is 53.7 Å². The highest BCUT2D eigenvalue weighted by Crippen LogP contribution is 2.34. The minimum absolute atomic E-state index is 0.0620. The predicted molar refractivity (Wildman–Crippen MR) is 176 cm³/mol. The van der Waals surface area contributed by atoms with Gasteiger partial charge in [-0.2, -0.15) is 5.10 Å². The van der Waals surface area contributed by atoms with Crippen LogP contribution >= 0.6 is 11.6 Å². The fraction of sp³-hybridized carbons (Fsp3) is 0.529. The van der Waals surface area contributed by atoms with E-state index in [1.165, 1.54) is 54.4 Å². The number of aryl methyl sites for hydroxylation is 2. The van der Waals surface area contributed by atoms with Crippen LogP contribution in [0.2, 0.25) is 5.02 Å². The lowest BCUT2D eigenvalue weighted by molar-refractivity contribution is 0.0953.